The van der Waals surface area contributed by atoms with E-state index in [4.69, 9.17) is 20.2 Å². The van der Waals surface area contributed by atoms with Crippen LogP contribution in [0.1, 0.15) is 5.69 Å². The zero-order valence-electron chi connectivity index (χ0n) is 13.4. The first-order valence-corrected chi connectivity index (χ1v) is 10.3. The molecule has 0 saturated carbocycles. The maximum absolute atomic E-state index is 11.5. The molecule has 1 heterocycles. The maximum Gasteiger partial charge on any atom is 0.272 e. The van der Waals surface area contributed by atoms with Crippen molar-refractivity contribution in [2.75, 3.05) is 7.11 Å². The molecule has 0 aliphatic rings. The summed E-state index contributed by atoms with van der Waals surface area (Å²) in [7, 11) is 3.21. The summed E-state index contributed by atoms with van der Waals surface area (Å²) >= 11 is 1.04. The number of para-hydroxylation sites is 2. The van der Waals surface area contributed by atoms with Gasteiger partial charge in [0.15, 0.2) is 15.7 Å². The molecule has 0 spiro atoms. The first-order chi connectivity index (χ1) is 11.9. The predicted molar refractivity (Wildman–Crippen MR) is 98.4 cm³/mol. The summed E-state index contributed by atoms with van der Waals surface area (Å²) in [5.74, 6) is 1.88. The van der Waals surface area contributed by atoms with Gasteiger partial charge >= 0.3 is 0 Å². The molecule has 0 unspecified atom stereocenters. The van der Waals surface area contributed by atoms with E-state index >= 15 is 0 Å². The zero-order chi connectivity index (χ0) is 18.0. The molecule has 25 heavy (non-hydrogen) atoms. The Hall–Kier alpha value is -2.09. The van der Waals surface area contributed by atoms with Crippen molar-refractivity contribution in [2.24, 2.45) is 0 Å². The zero-order valence-corrected chi connectivity index (χ0v) is 15.8. The lowest BCUT2D eigenvalue weighted by Crippen LogP contribution is -1.89. The van der Waals surface area contributed by atoms with Gasteiger partial charge < -0.3 is 9.47 Å². The summed E-state index contributed by atoms with van der Waals surface area (Å²) in [6.07, 6.45) is 0. The van der Waals surface area contributed by atoms with Crippen molar-refractivity contribution in [3.63, 3.8) is 0 Å². The molecule has 0 radical (unpaired) electrons. The Labute approximate surface area is 154 Å². The van der Waals surface area contributed by atoms with Gasteiger partial charge in [0.25, 0.3) is 9.05 Å². The number of nitrogens with zero attached hydrogens (tertiary/aromatic N) is 1. The number of benzene rings is 2. The summed E-state index contributed by atoms with van der Waals surface area (Å²) < 4.78 is 34.2. The lowest BCUT2D eigenvalue weighted by molar-refractivity contribution is 0.379. The van der Waals surface area contributed by atoms with Gasteiger partial charge in [-0.3, -0.25) is 0 Å². The lowest BCUT2D eigenvalue weighted by Gasteiger charge is -2.10. The van der Waals surface area contributed by atoms with E-state index in [9.17, 15) is 8.42 Å². The Kier molecular flexibility index (Phi) is 4.99. The van der Waals surface area contributed by atoms with Crippen molar-refractivity contribution in [1.29, 1.82) is 0 Å². The van der Waals surface area contributed by atoms with Crippen LogP contribution in [0.4, 0.5) is 0 Å². The number of rotatable bonds is 5. The van der Waals surface area contributed by atoms with E-state index in [0.717, 1.165) is 16.9 Å². The highest BCUT2D eigenvalue weighted by Gasteiger charge is 2.19. The Morgan fingerprint density at radius 2 is 1.68 bits per heavy atom. The highest BCUT2D eigenvalue weighted by molar-refractivity contribution is 8.15. The maximum atomic E-state index is 11.5. The fourth-order valence-electron chi connectivity index (χ4n) is 2.23. The summed E-state index contributed by atoms with van der Waals surface area (Å²) in [6, 6.07) is 14.5. The average molecular weight is 396 g/mol. The summed E-state index contributed by atoms with van der Waals surface area (Å²) in [5, 5.41) is 0.584. The van der Waals surface area contributed by atoms with E-state index in [-0.39, 0.29) is 4.21 Å². The Balaban J connectivity index is 1.86. The number of thiazole rings is 1. The Bertz CT molecular complexity index is 998. The second-order valence-corrected chi connectivity index (χ2v) is 8.87. The third-order valence-corrected chi connectivity index (χ3v) is 6.76. The molecule has 130 valence electrons. The van der Waals surface area contributed by atoms with E-state index in [1.165, 1.54) is 0 Å². The van der Waals surface area contributed by atoms with Gasteiger partial charge in [-0.15, -0.1) is 11.3 Å². The van der Waals surface area contributed by atoms with E-state index in [0.29, 0.717) is 28.0 Å². The molecule has 0 fully saturated rings. The number of hydrogen-bond acceptors (Lipinski definition) is 6. The molecule has 3 rings (SSSR count). The monoisotopic (exact) mass is 395 g/mol. The van der Waals surface area contributed by atoms with Crippen LogP contribution in [-0.4, -0.2) is 20.5 Å². The smallest absolute Gasteiger partial charge is 0.272 e. The molecule has 0 saturated heterocycles. The van der Waals surface area contributed by atoms with Gasteiger partial charge in [0, 0.05) is 16.2 Å². The highest BCUT2D eigenvalue weighted by Crippen LogP contribution is 2.35. The van der Waals surface area contributed by atoms with E-state index < -0.39 is 9.05 Å². The van der Waals surface area contributed by atoms with Crippen LogP contribution in [0, 0.1) is 6.92 Å². The quantitative estimate of drug-likeness (QED) is 0.578. The van der Waals surface area contributed by atoms with Crippen molar-refractivity contribution >= 4 is 31.1 Å². The van der Waals surface area contributed by atoms with Gasteiger partial charge in [-0.2, -0.15) is 0 Å². The van der Waals surface area contributed by atoms with Crippen LogP contribution < -0.4 is 9.47 Å². The first-order valence-electron chi connectivity index (χ1n) is 7.22. The van der Waals surface area contributed by atoms with Crippen LogP contribution in [0.2, 0.25) is 0 Å². The van der Waals surface area contributed by atoms with Crippen LogP contribution in [-0.2, 0) is 9.05 Å². The van der Waals surface area contributed by atoms with Crippen LogP contribution in [0.3, 0.4) is 0 Å². The Morgan fingerprint density at radius 1 is 1.04 bits per heavy atom. The minimum atomic E-state index is -3.79. The summed E-state index contributed by atoms with van der Waals surface area (Å²) in [4.78, 5) is 4.28. The largest absolute Gasteiger partial charge is 0.493 e. The minimum absolute atomic E-state index is 0.0681. The van der Waals surface area contributed by atoms with Gasteiger partial charge in [-0.05, 0) is 43.3 Å². The second-order valence-electron chi connectivity index (χ2n) is 5.11. The number of hydrogen-bond donors (Lipinski definition) is 0. The lowest BCUT2D eigenvalue weighted by atomic mass is 10.2. The minimum Gasteiger partial charge on any atom is -0.493 e. The van der Waals surface area contributed by atoms with E-state index in [2.05, 4.69) is 4.98 Å². The van der Waals surface area contributed by atoms with Gasteiger partial charge in [0.1, 0.15) is 10.8 Å². The fraction of sp³-hybridized carbons (Fsp3) is 0.118. The molecule has 5 nitrogen and oxygen atoms in total. The first kappa shape index (κ1) is 17.7. The predicted octanol–water partition coefficient (Wildman–Crippen LogP) is 4.85. The van der Waals surface area contributed by atoms with E-state index in [1.807, 2.05) is 36.4 Å². The summed E-state index contributed by atoms with van der Waals surface area (Å²) in [5.41, 5.74) is 1.18. The molecule has 0 bridgehead atoms. The van der Waals surface area contributed by atoms with Gasteiger partial charge in [0.05, 0.1) is 12.8 Å². The standard InChI is InChI=1S/C17H14ClNO4S2/c1-11-17(25(18,20)21)24-16(19-11)12-7-9-13(10-8-12)23-15-6-4-3-5-14(15)22-2/h3-10H,1-2H3. The van der Waals surface area contributed by atoms with Crippen molar-refractivity contribution < 1.29 is 17.9 Å². The third kappa shape index (κ3) is 3.95. The molecule has 0 N–H and O–H groups in total. The SMILES string of the molecule is COc1ccccc1Oc1ccc(-c2nc(C)c(S(=O)(=O)Cl)s2)cc1. The molecule has 2 aromatic carbocycles. The summed E-state index contributed by atoms with van der Waals surface area (Å²) in [6.45, 7) is 1.62. The second kappa shape index (κ2) is 7.03. The number of aryl methyl sites for hydroxylation is 1. The molecular formula is C17H14ClNO4S2. The Morgan fingerprint density at radius 3 is 2.24 bits per heavy atom. The van der Waals surface area contributed by atoms with Crippen molar-refractivity contribution in [3.8, 4) is 27.8 Å². The number of methoxy groups -OCH3 is 1. The van der Waals surface area contributed by atoms with Gasteiger partial charge in [0.2, 0.25) is 0 Å². The highest BCUT2D eigenvalue weighted by atomic mass is 35.7. The molecule has 0 atom stereocenters. The van der Waals surface area contributed by atoms with Gasteiger partial charge in [-0.1, -0.05) is 12.1 Å². The van der Waals surface area contributed by atoms with Crippen molar-refractivity contribution in [1.82, 2.24) is 4.98 Å². The fourth-order valence-corrected chi connectivity index (χ4v) is 4.69. The number of aromatic nitrogens is 1. The van der Waals surface area contributed by atoms with Crippen LogP contribution in [0.25, 0.3) is 10.6 Å². The topological polar surface area (TPSA) is 65.5 Å². The van der Waals surface area contributed by atoms with Crippen molar-refractivity contribution in [3.05, 3.63) is 54.2 Å². The van der Waals surface area contributed by atoms with Crippen LogP contribution in [0.5, 0.6) is 17.2 Å². The molecule has 1 aromatic heterocycles. The number of ether oxygens (including phenoxy) is 2. The van der Waals surface area contributed by atoms with Crippen LogP contribution in [0.15, 0.2) is 52.7 Å². The van der Waals surface area contributed by atoms with Crippen molar-refractivity contribution in [2.45, 2.75) is 11.1 Å². The molecule has 0 amide bonds. The van der Waals surface area contributed by atoms with E-state index in [1.54, 1.807) is 26.2 Å². The van der Waals surface area contributed by atoms with Crippen LogP contribution >= 0.6 is 22.0 Å². The molecule has 8 heteroatoms. The third-order valence-electron chi connectivity index (χ3n) is 3.37. The number of halogens is 1. The molecule has 0 aliphatic carbocycles. The molecule has 3 aromatic rings. The van der Waals surface area contributed by atoms with Gasteiger partial charge in [-0.25, -0.2) is 13.4 Å². The average Bonchev–Trinajstić information content (AvgIpc) is 2.98. The molecular weight excluding hydrogens is 382 g/mol. The molecule has 0 aliphatic heterocycles. The normalized spacial score (nSPS) is 11.3.